The molecule has 0 aliphatic carbocycles. The molecule has 1 aromatic rings. The molecule has 0 saturated heterocycles. The standard InChI is InChI=1S/C15H19NO4/c1-4-7-10-20-15(17)16-12-8-9-13(18-5-2)14(11-12)19-6-3/h8-9,11H,5-6,10H2,1-3H3,(H,16,17). The van der Waals surface area contributed by atoms with Crippen LogP contribution < -0.4 is 14.8 Å². The molecule has 0 aromatic heterocycles. The summed E-state index contributed by atoms with van der Waals surface area (Å²) in [6.45, 7) is 6.59. The normalized spacial score (nSPS) is 9.15. The molecule has 0 saturated carbocycles. The third-order valence-corrected chi connectivity index (χ3v) is 2.24. The van der Waals surface area contributed by atoms with Crippen LogP contribution in [0.25, 0.3) is 0 Å². The molecule has 0 radical (unpaired) electrons. The highest BCUT2D eigenvalue weighted by Crippen LogP contribution is 2.30. The lowest BCUT2D eigenvalue weighted by molar-refractivity contribution is 0.176. The summed E-state index contributed by atoms with van der Waals surface area (Å²) < 4.78 is 15.8. The van der Waals surface area contributed by atoms with Gasteiger partial charge >= 0.3 is 6.09 Å². The van der Waals surface area contributed by atoms with Crippen LogP contribution in [0, 0.1) is 11.8 Å². The number of ether oxygens (including phenoxy) is 3. The van der Waals surface area contributed by atoms with Crippen molar-refractivity contribution in [3.8, 4) is 23.3 Å². The summed E-state index contributed by atoms with van der Waals surface area (Å²) in [5.41, 5.74) is 0.575. The predicted octanol–water partition coefficient (Wildman–Crippen LogP) is 3.06. The van der Waals surface area contributed by atoms with Crippen LogP contribution in [-0.4, -0.2) is 25.9 Å². The fourth-order valence-electron chi connectivity index (χ4n) is 1.46. The van der Waals surface area contributed by atoms with E-state index in [0.717, 1.165) is 0 Å². The van der Waals surface area contributed by atoms with Crippen molar-refractivity contribution in [3.05, 3.63) is 18.2 Å². The van der Waals surface area contributed by atoms with E-state index in [1.165, 1.54) is 0 Å². The number of hydrogen-bond donors (Lipinski definition) is 1. The zero-order valence-corrected chi connectivity index (χ0v) is 12.0. The van der Waals surface area contributed by atoms with E-state index in [-0.39, 0.29) is 6.61 Å². The number of nitrogens with one attached hydrogen (secondary N) is 1. The van der Waals surface area contributed by atoms with Crippen molar-refractivity contribution in [2.45, 2.75) is 20.8 Å². The smallest absolute Gasteiger partial charge is 0.412 e. The second kappa shape index (κ2) is 8.70. The highest BCUT2D eigenvalue weighted by molar-refractivity contribution is 5.85. The molecule has 1 rings (SSSR count). The van der Waals surface area contributed by atoms with Gasteiger partial charge in [0.25, 0.3) is 0 Å². The summed E-state index contributed by atoms with van der Waals surface area (Å²) in [5.74, 6) is 6.51. The molecule has 0 aliphatic heterocycles. The van der Waals surface area contributed by atoms with Crippen molar-refractivity contribution in [1.82, 2.24) is 0 Å². The van der Waals surface area contributed by atoms with Gasteiger partial charge in [0.2, 0.25) is 0 Å². The summed E-state index contributed by atoms with van der Waals surface area (Å²) in [5, 5.41) is 2.60. The maximum atomic E-state index is 11.5. The van der Waals surface area contributed by atoms with Crippen LogP contribution in [0.5, 0.6) is 11.5 Å². The Kier molecular flexibility index (Phi) is 6.83. The van der Waals surface area contributed by atoms with E-state index >= 15 is 0 Å². The van der Waals surface area contributed by atoms with Gasteiger partial charge < -0.3 is 14.2 Å². The summed E-state index contributed by atoms with van der Waals surface area (Å²) in [4.78, 5) is 11.5. The van der Waals surface area contributed by atoms with Crippen molar-refractivity contribution >= 4 is 11.8 Å². The Hall–Kier alpha value is -2.35. The number of benzene rings is 1. The van der Waals surface area contributed by atoms with E-state index in [1.54, 1.807) is 25.1 Å². The van der Waals surface area contributed by atoms with E-state index in [0.29, 0.717) is 30.4 Å². The van der Waals surface area contributed by atoms with Gasteiger partial charge in [-0.25, -0.2) is 4.79 Å². The van der Waals surface area contributed by atoms with Crippen LogP contribution in [0.15, 0.2) is 18.2 Å². The van der Waals surface area contributed by atoms with Crippen molar-refractivity contribution in [1.29, 1.82) is 0 Å². The number of carbonyl (C=O) groups excluding carboxylic acids is 1. The lowest BCUT2D eigenvalue weighted by Gasteiger charge is -2.12. The van der Waals surface area contributed by atoms with Crippen LogP contribution in [-0.2, 0) is 4.74 Å². The number of amides is 1. The Bertz CT molecular complexity index is 502. The molecule has 0 bridgehead atoms. The van der Waals surface area contributed by atoms with E-state index < -0.39 is 6.09 Å². The quantitative estimate of drug-likeness (QED) is 0.812. The average molecular weight is 277 g/mol. The molecule has 1 aromatic carbocycles. The van der Waals surface area contributed by atoms with Gasteiger partial charge in [0.05, 0.1) is 13.2 Å². The average Bonchev–Trinajstić information content (AvgIpc) is 2.42. The minimum Gasteiger partial charge on any atom is -0.490 e. The SMILES string of the molecule is CC#CCOC(=O)Nc1ccc(OCC)c(OCC)c1. The second-order valence-electron chi connectivity index (χ2n) is 3.66. The molecule has 0 atom stereocenters. The van der Waals surface area contributed by atoms with Gasteiger partial charge in [-0.1, -0.05) is 5.92 Å². The van der Waals surface area contributed by atoms with Crippen LogP contribution in [0.3, 0.4) is 0 Å². The van der Waals surface area contributed by atoms with Crippen molar-refractivity contribution in [3.63, 3.8) is 0 Å². The summed E-state index contributed by atoms with van der Waals surface area (Å²) in [6, 6.07) is 5.16. The van der Waals surface area contributed by atoms with E-state index in [2.05, 4.69) is 17.2 Å². The van der Waals surface area contributed by atoms with Crippen LogP contribution in [0.4, 0.5) is 10.5 Å². The molecule has 0 fully saturated rings. The maximum Gasteiger partial charge on any atom is 0.412 e. The Morgan fingerprint density at radius 3 is 2.55 bits per heavy atom. The first kappa shape index (κ1) is 15.7. The first-order valence-corrected chi connectivity index (χ1v) is 6.44. The number of anilines is 1. The highest BCUT2D eigenvalue weighted by atomic mass is 16.5. The zero-order chi connectivity index (χ0) is 14.8. The number of carbonyl (C=O) groups is 1. The number of hydrogen-bond acceptors (Lipinski definition) is 4. The molecule has 0 spiro atoms. The fourth-order valence-corrected chi connectivity index (χ4v) is 1.46. The minimum atomic E-state index is -0.556. The van der Waals surface area contributed by atoms with Gasteiger partial charge in [0, 0.05) is 11.8 Å². The third kappa shape index (κ3) is 5.11. The summed E-state index contributed by atoms with van der Waals surface area (Å²) in [7, 11) is 0. The van der Waals surface area contributed by atoms with Gasteiger partial charge in [-0.15, -0.1) is 5.92 Å². The van der Waals surface area contributed by atoms with Gasteiger partial charge in [-0.05, 0) is 32.9 Å². The third-order valence-electron chi connectivity index (χ3n) is 2.24. The van der Waals surface area contributed by atoms with Crippen molar-refractivity contribution in [2.75, 3.05) is 25.1 Å². The lowest BCUT2D eigenvalue weighted by atomic mass is 10.2. The molecule has 108 valence electrons. The molecule has 20 heavy (non-hydrogen) atoms. The van der Waals surface area contributed by atoms with E-state index in [9.17, 15) is 4.79 Å². The van der Waals surface area contributed by atoms with Crippen molar-refractivity contribution in [2.24, 2.45) is 0 Å². The highest BCUT2D eigenvalue weighted by Gasteiger charge is 2.08. The molecule has 5 nitrogen and oxygen atoms in total. The lowest BCUT2D eigenvalue weighted by Crippen LogP contribution is -2.14. The summed E-state index contributed by atoms with van der Waals surface area (Å²) >= 11 is 0. The van der Waals surface area contributed by atoms with Gasteiger partial charge in [-0.3, -0.25) is 5.32 Å². The molecule has 0 heterocycles. The summed E-state index contributed by atoms with van der Waals surface area (Å²) in [6.07, 6.45) is -0.556. The molecule has 0 unspecified atom stereocenters. The first-order chi connectivity index (χ1) is 9.71. The molecule has 1 N–H and O–H groups in total. The topological polar surface area (TPSA) is 56.8 Å². The molecule has 1 amide bonds. The van der Waals surface area contributed by atoms with Gasteiger partial charge in [0.15, 0.2) is 18.1 Å². The minimum absolute atomic E-state index is 0.0671. The zero-order valence-electron chi connectivity index (χ0n) is 12.0. The number of rotatable bonds is 6. The molecule has 5 heteroatoms. The fraction of sp³-hybridized carbons (Fsp3) is 0.400. The second-order valence-corrected chi connectivity index (χ2v) is 3.66. The van der Waals surface area contributed by atoms with Crippen LogP contribution in [0.2, 0.25) is 0 Å². The predicted molar refractivity (Wildman–Crippen MR) is 77.2 cm³/mol. The maximum absolute atomic E-state index is 11.5. The van der Waals surface area contributed by atoms with E-state index in [1.807, 2.05) is 13.8 Å². The van der Waals surface area contributed by atoms with Gasteiger partial charge in [-0.2, -0.15) is 0 Å². The first-order valence-electron chi connectivity index (χ1n) is 6.44. The Morgan fingerprint density at radius 2 is 1.90 bits per heavy atom. The Labute approximate surface area is 119 Å². The van der Waals surface area contributed by atoms with Crippen molar-refractivity contribution < 1.29 is 19.0 Å². The van der Waals surface area contributed by atoms with Crippen LogP contribution >= 0.6 is 0 Å². The molecule has 0 aliphatic rings. The molecular weight excluding hydrogens is 258 g/mol. The Morgan fingerprint density at radius 1 is 1.20 bits per heavy atom. The largest absolute Gasteiger partial charge is 0.490 e. The van der Waals surface area contributed by atoms with E-state index in [4.69, 9.17) is 14.2 Å². The molecular formula is C15H19NO4. The van der Waals surface area contributed by atoms with Crippen LogP contribution in [0.1, 0.15) is 20.8 Å². The Balaban J connectivity index is 2.72. The monoisotopic (exact) mass is 277 g/mol. The van der Waals surface area contributed by atoms with Gasteiger partial charge in [0.1, 0.15) is 0 Å².